The summed E-state index contributed by atoms with van der Waals surface area (Å²) in [7, 11) is 2.11. The van der Waals surface area contributed by atoms with Crippen molar-refractivity contribution in [2.75, 3.05) is 38.1 Å². The largest absolute Gasteiger partial charge is 0.380 e. The highest BCUT2D eigenvalue weighted by molar-refractivity contribution is 5.68. The SMILES string of the molecule is CC(C)c1ccc([C@](O)(c2cncc(C3=CCN(c4ccccn4)CC3)c2)C2(C)CN(C)C2)cc1. The maximum atomic E-state index is 12.5. The zero-order chi connectivity index (χ0) is 24.6. The molecule has 1 saturated heterocycles. The molecule has 1 N–H and O–H groups in total. The van der Waals surface area contributed by atoms with Gasteiger partial charge in [0.15, 0.2) is 0 Å². The van der Waals surface area contributed by atoms with Crippen molar-refractivity contribution in [3.8, 4) is 0 Å². The molecule has 182 valence electrons. The molecule has 35 heavy (non-hydrogen) atoms. The Morgan fingerprint density at radius 2 is 1.80 bits per heavy atom. The molecule has 0 saturated carbocycles. The highest BCUT2D eigenvalue weighted by atomic mass is 16.3. The standard InChI is InChI=1S/C30H36N4O/c1-22(2)23-8-10-26(11-9-23)30(35,29(3)20-33(4)21-29)27-17-25(18-31-19-27)24-12-15-34(16-13-24)28-7-5-6-14-32-28/h5-12,14,17-19,22,35H,13,15-16,20-21H2,1-4H3/t30-/m0/s1. The monoisotopic (exact) mass is 468 g/mol. The van der Waals surface area contributed by atoms with Crippen molar-refractivity contribution in [1.29, 1.82) is 0 Å². The fourth-order valence-electron chi connectivity index (χ4n) is 5.84. The number of rotatable bonds is 6. The molecule has 2 aromatic heterocycles. The van der Waals surface area contributed by atoms with E-state index in [1.165, 1.54) is 11.1 Å². The third-order valence-corrected chi connectivity index (χ3v) is 7.82. The van der Waals surface area contributed by atoms with Crippen molar-refractivity contribution in [2.24, 2.45) is 5.41 Å². The maximum absolute atomic E-state index is 12.5. The second-order valence-corrected chi connectivity index (χ2v) is 10.8. The first kappa shape index (κ1) is 23.7. The van der Waals surface area contributed by atoms with Gasteiger partial charge in [-0.1, -0.05) is 57.2 Å². The number of anilines is 1. The fourth-order valence-corrected chi connectivity index (χ4v) is 5.84. The number of benzene rings is 1. The Labute approximate surface area is 209 Å². The Morgan fingerprint density at radius 3 is 2.40 bits per heavy atom. The van der Waals surface area contributed by atoms with Crippen LogP contribution in [0.3, 0.4) is 0 Å². The second-order valence-electron chi connectivity index (χ2n) is 10.8. The van der Waals surface area contributed by atoms with Crippen LogP contribution < -0.4 is 4.90 Å². The smallest absolute Gasteiger partial charge is 0.128 e. The molecule has 0 amide bonds. The molecule has 0 spiro atoms. The Balaban J connectivity index is 1.49. The van der Waals surface area contributed by atoms with Crippen LogP contribution in [-0.2, 0) is 5.60 Å². The van der Waals surface area contributed by atoms with Crippen LogP contribution in [0.25, 0.3) is 5.57 Å². The maximum Gasteiger partial charge on any atom is 0.128 e. The predicted molar refractivity (Wildman–Crippen MR) is 142 cm³/mol. The molecule has 5 rings (SSSR count). The molecule has 0 unspecified atom stereocenters. The normalized spacial score (nSPS) is 19.7. The topological polar surface area (TPSA) is 52.5 Å². The summed E-state index contributed by atoms with van der Waals surface area (Å²) in [5.41, 5.74) is 4.05. The highest BCUT2D eigenvalue weighted by Crippen LogP contribution is 2.50. The minimum atomic E-state index is -1.12. The molecule has 3 aromatic rings. The molecule has 0 aliphatic carbocycles. The average Bonchev–Trinajstić information content (AvgIpc) is 2.88. The first-order valence-corrected chi connectivity index (χ1v) is 12.6. The van der Waals surface area contributed by atoms with Gasteiger partial charge in [0.05, 0.1) is 0 Å². The predicted octanol–water partition coefficient (Wildman–Crippen LogP) is 5.08. The lowest BCUT2D eigenvalue weighted by Crippen LogP contribution is -2.63. The van der Waals surface area contributed by atoms with Crippen LogP contribution in [-0.4, -0.2) is 53.2 Å². The van der Waals surface area contributed by atoms with Gasteiger partial charge in [0.1, 0.15) is 11.4 Å². The van der Waals surface area contributed by atoms with Gasteiger partial charge in [-0.15, -0.1) is 0 Å². The number of likely N-dealkylation sites (tertiary alicyclic amines) is 1. The van der Waals surface area contributed by atoms with Crippen molar-refractivity contribution in [2.45, 2.75) is 38.7 Å². The van der Waals surface area contributed by atoms with Crippen molar-refractivity contribution in [3.05, 3.63) is 95.5 Å². The molecule has 1 atom stereocenters. The van der Waals surface area contributed by atoms with Gasteiger partial charge in [-0.25, -0.2) is 4.98 Å². The van der Waals surface area contributed by atoms with E-state index in [0.29, 0.717) is 5.92 Å². The van der Waals surface area contributed by atoms with Crippen LogP contribution in [0.5, 0.6) is 0 Å². The van der Waals surface area contributed by atoms with Crippen LogP contribution in [0.4, 0.5) is 5.82 Å². The van der Waals surface area contributed by atoms with E-state index in [9.17, 15) is 5.11 Å². The lowest BCUT2D eigenvalue weighted by Gasteiger charge is -2.56. The number of pyridine rings is 2. The lowest BCUT2D eigenvalue weighted by atomic mass is 9.62. The van der Waals surface area contributed by atoms with Crippen LogP contribution in [0.15, 0.2) is 73.2 Å². The third-order valence-electron chi connectivity index (χ3n) is 7.82. The molecule has 4 heterocycles. The molecular weight excluding hydrogens is 432 g/mol. The van der Waals surface area contributed by atoms with E-state index < -0.39 is 5.60 Å². The van der Waals surface area contributed by atoms with Gasteiger partial charge < -0.3 is 14.9 Å². The summed E-state index contributed by atoms with van der Waals surface area (Å²) >= 11 is 0. The summed E-state index contributed by atoms with van der Waals surface area (Å²) in [6.45, 7) is 9.99. The van der Waals surface area contributed by atoms with E-state index in [0.717, 1.165) is 55.1 Å². The van der Waals surface area contributed by atoms with Gasteiger partial charge >= 0.3 is 0 Å². The van der Waals surface area contributed by atoms with Crippen molar-refractivity contribution in [3.63, 3.8) is 0 Å². The van der Waals surface area contributed by atoms with Gasteiger partial charge in [0, 0.05) is 55.7 Å². The van der Waals surface area contributed by atoms with E-state index in [1.54, 1.807) is 0 Å². The molecule has 5 nitrogen and oxygen atoms in total. The number of aromatic nitrogens is 2. The summed E-state index contributed by atoms with van der Waals surface area (Å²) in [6, 6.07) is 16.7. The van der Waals surface area contributed by atoms with Gasteiger partial charge in [0.25, 0.3) is 0 Å². The van der Waals surface area contributed by atoms with E-state index in [2.05, 4.69) is 90.1 Å². The average molecular weight is 469 g/mol. The molecule has 5 heteroatoms. The van der Waals surface area contributed by atoms with Crippen molar-refractivity contribution < 1.29 is 5.11 Å². The van der Waals surface area contributed by atoms with Crippen LogP contribution in [0, 0.1) is 5.41 Å². The van der Waals surface area contributed by atoms with Gasteiger partial charge in [0.2, 0.25) is 0 Å². The summed E-state index contributed by atoms with van der Waals surface area (Å²) in [4.78, 5) is 13.7. The molecule has 0 radical (unpaired) electrons. The van der Waals surface area contributed by atoms with E-state index in [1.807, 2.05) is 30.7 Å². The van der Waals surface area contributed by atoms with E-state index >= 15 is 0 Å². The summed E-state index contributed by atoms with van der Waals surface area (Å²) < 4.78 is 0. The summed E-state index contributed by atoms with van der Waals surface area (Å²) in [5.74, 6) is 1.47. The number of nitrogens with zero attached hydrogens (tertiary/aromatic N) is 4. The Morgan fingerprint density at radius 1 is 1.03 bits per heavy atom. The van der Waals surface area contributed by atoms with Gasteiger partial charge in [-0.3, -0.25) is 4.98 Å². The van der Waals surface area contributed by atoms with Crippen LogP contribution in [0.2, 0.25) is 0 Å². The molecule has 0 bridgehead atoms. The fraction of sp³-hybridized carbons (Fsp3) is 0.400. The quantitative estimate of drug-likeness (QED) is 0.547. The van der Waals surface area contributed by atoms with Crippen molar-refractivity contribution >= 4 is 11.4 Å². The first-order chi connectivity index (χ1) is 16.8. The highest BCUT2D eigenvalue weighted by Gasteiger charge is 2.55. The van der Waals surface area contributed by atoms with E-state index in [-0.39, 0.29) is 5.41 Å². The number of hydrogen-bond donors (Lipinski definition) is 1. The molecule has 1 aromatic carbocycles. The third kappa shape index (κ3) is 4.28. The van der Waals surface area contributed by atoms with E-state index in [4.69, 9.17) is 0 Å². The molecule has 1 fully saturated rings. The van der Waals surface area contributed by atoms with Gasteiger partial charge in [-0.05, 0) is 59.8 Å². The Hall–Kier alpha value is -3.02. The second kappa shape index (κ2) is 9.21. The zero-order valence-corrected chi connectivity index (χ0v) is 21.3. The van der Waals surface area contributed by atoms with Crippen LogP contribution in [0.1, 0.15) is 55.4 Å². The molecule has 2 aliphatic heterocycles. The lowest BCUT2D eigenvalue weighted by molar-refractivity contribution is -0.127. The Bertz CT molecular complexity index is 1200. The summed E-state index contributed by atoms with van der Waals surface area (Å²) in [6.07, 6.45) is 8.82. The number of hydrogen-bond acceptors (Lipinski definition) is 5. The van der Waals surface area contributed by atoms with Gasteiger partial charge in [-0.2, -0.15) is 0 Å². The minimum Gasteiger partial charge on any atom is -0.380 e. The van der Waals surface area contributed by atoms with Crippen molar-refractivity contribution in [1.82, 2.24) is 14.9 Å². The zero-order valence-electron chi connectivity index (χ0n) is 21.3. The van der Waals surface area contributed by atoms with Crippen LogP contribution >= 0.6 is 0 Å². The minimum absolute atomic E-state index is 0.294. The molecular formula is C30H36N4O. The first-order valence-electron chi connectivity index (χ1n) is 12.6. The number of aliphatic hydroxyl groups is 1. The molecule has 2 aliphatic rings. The Kier molecular flexibility index (Phi) is 6.24. The summed E-state index contributed by atoms with van der Waals surface area (Å²) in [5, 5.41) is 12.5.